The number of hydrogen-bond donors (Lipinski definition) is 4. The Bertz CT molecular complexity index is 6280. The predicted molar refractivity (Wildman–Crippen MR) is 462 cm³/mol. The van der Waals surface area contributed by atoms with Gasteiger partial charge in [-0.3, -0.25) is 38.4 Å². The standard InChI is InChI=1S/4C25H38O5/c4*1-6-25(4,5)24(28)30-21-12-15(2)11-17-8-7-16(3)20(23(17)21)10-9-19-13-18(26)14-22(27)29-19/h4*7-8,11,15-16,18-21,23,26H,6,9-10,12-14H2,1-5H3/t4*15-,16-,18+,19?,20-,21?,23-/m0000/s1/i1D3,4D3,5D3,6D2,7D,8D,11D,12D2,14D2,15D,16D;1D3,6D2,7D,8D,11D,12D2,15D,16D,26D;4D3,7D,8D,11D,12D2,15D,16D,26D;7D,8D,11D,12D2,15D,16D,26D/t2m;15-,16-,18+,19?,20-,21?,23-,25?;m. The second-order valence-corrected chi connectivity index (χ2v) is 34.1. The normalized spacial score (nSPS) is 52.0. The Labute approximate surface area is 791 Å². The Hall–Kier alpha value is -6.48. The Kier molecular flexibility index (Phi) is 16.9. The summed E-state index contributed by atoms with van der Waals surface area (Å²) in [7, 11) is 0. The van der Waals surface area contributed by atoms with Crippen LogP contribution in [0, 0.1) is 116 Å². The fourth-order valence-electron chi connectivity index (χ4n) is 16.1. The van der Waals surface area contributed by atoms with Gasteiger partial charge in [-0.05, 0) is 251 Å². The van der Waals surface area contributed by atoms with Crippen LogP contribution in [0.3, 0.4) is 0 Å². The molecule has 20 nitrogen and oxygen atoms in total. The second kappa shape index (κ2) is 42.5. The number of allylic oxidation sites excluding steroid dienone is 12. The van der Waals surface area contributed by atoms with Crippen LogP contribution in [0.4, 0.5) is 0 Å². The molecule has 0 bridgehead atoms. The average Bonchev–Trinajstić information content (AvgIpc) is 0.691. The monoisotopic (exact) mass is 1730 g/mol. The largest absolute Gasteiger partial charge is 0.462 e. The Morgan fingerprint density at radius 1 is 0.425 bits per heavy atom. The molecule has 12 rings (SSSR count). The summed E-state index contributed by atoms with van der Waals surface area (Å²) in [6.45, 7) is 0.359. The maximum atomic E-state index is 14.1. The molecular weight excluding hydrogens is 1520 g/mol. The van der Waals surface area contributed by atoms with Gasteiger partial charge in [0.25, 0.3) is 0 Å². The van der Waals surface area contributed by atoms with Gasteiger partial charge in [-0.25, -0.2) is 0 Å². The molecule has 0 aromatic heterocycles. The van der Waals surface area contributed by atoms with E-state index in [9.17, 15) is 43.5 Å². The van der Waals surface area contributed by atoms with Gasteiger partial charge in [-0.2, -0.15) is 0 Å². The molecule has 4 N–H and O–H groups in total. The summed E-state index contributed by atoms with van der Waals surface area (Å²) in [6, 6.07) is -7.15. The van der Waals surface area contributed by atoms with Crippen LogP contribution in [0.2, 0.25) is 0 Å². The van der Waals surface area contributed by atoms with Crippen molar-refractivity contribution in [2.75, 3.05) is 0 Å². The van der Waals surface area contributed by atoms with E-state index < -0.39 is 401 Å². The van der Waals surface area contributed by atoms with Crippen LogP contribution >= 0.6 is 0 Å². The fourth-order valence-corrected chi connectivity index (χ4v) is 16.1. The second-order valence-electron chi connectivity index (χ2n) is 34.1. The zero-order valence-electron chi connectivity index (χ0n) is 123. The van der Waals surface area contributed by atoms with Crippen molar-refractivity contribution in [2.24, 2.45) is 116 Å². The van der Waals surface area contributed by atoms with Crippen molar-refractivity contribution in [3.05, 3.63) is 94.9 Å². The van der Waals surface area contributed by atoms with Gasteiger partial charge in [0.1, 0.15) is 48.8 Å². The van der Waals surface area contributed by atoms with Crippen LogP contribution in [-0.4, -0.2) is 146 Å². The molecule has 0 spiro atoms. The van der Waals surface area contributed by atoms with Gasteiger partial charge in [0.2, 0.25) is 4.29 Å². The first-order valence-electron chi connectivity index (χ1n) is 66.7. The van der Waals surface area contributed by atoms with E-state index in [1.807, 2.05) is 0 Å². The Morgan fingerprint density at radius 3 is 0.967 bits per heavy atom. The molecule has 20 heteroatoms. The molecule has 4 saturated heterocycles. The van der Waals surface area contributed by atoms with Crippen LogP contribution in [0.25, 0.3) is 0 Å². The molecule has 12 aliphatic rings. The molecule has 4 heterocycles. The van der Waals surface area contributed by atoms with Crippen molar-refractivity contribution in [1.82, 2.24) is 0 Å². The lowest BCUT2D eigenvalue weighted by molar-refractivity contribution is -0.166. The lowest BCUT2D eigenvalue weighted by Gasteiger charge is -2.44. The number of carbonyl (C=O) groups is 8. The fraction of sp³-hybridized carbons (Fsp3) is 0.760. The minimum Gasteiger partial charge on any atom is -0.462 e. The summed E-state index contributed by atoms with van der Waals surface area (Å²) in [5.41, 5.74) is -11.0. The lowest BCUT2D eigenvalue weighted by atomic mass is 9.65. The minimum absolute atomic E-state index is 0.00291. The molecule has 0 radical (unpaired) electrons. The molecule has 8 aliphatic carbocycles. The number of aliphatic hydroxyl groups excluding tert-OH is 4. The summed E-state index contributed by atoms with van der Waals surface area (Å²) >= 11 is 0. The third-order valence-corrected chi connectivity index (χ3v) is 23.6. The maximum Gasteiger partial charge on any atom is 0.311 e. The van der Waals surface area contributed by atoms with Gasteiger partial charge >= 0.3 is 47.8 Å². The van der Waals surface area contributed by atoms with E-state index in [0.717, 1.165) is 41.5 Å². The van der Waals surface area contributed by atoms with Crippen LogP contribution in [0.5, 0.6) is 0 Å². The van der Waals surface area contributed by atoms with Gasteiger partial charge < -0.3 is 58.3 Å². The van der Waals surface area contributed by atoms with E-state index in [4.69, 9.17) is 109 Å². The third kappa shape index (κ3) is 25.9. The smallest absolute Gasteiger partial charge is 0.311 e. The Morgan fingerprint density at radius 2 is 0.692 bits per heavy atom. The number of rotatable bonds is 27. The molecule has 0 aromatic carbocycles. The number of hydrogen-bond acceptors (Lipinski definition) is 20. The van der Waals surface area contributed by atoms with Gasteiger partial charge in [0, 0.05) is 100 Å². The summed E-state index contributed by atoms with van der Waals surface area (Å²) in [6.07, 6.45) is -37.3. The van der Waals surface area contributed by atoms with Crippen molar-refractivity contribution in [1.29, 1.82) is 4.29 Å². The van der Waals surface area contributed by atoms with E-state index in [0.29, 0.717) is 6.42 Å². The van der Waals surface area contributed by atoms with Crippen molar-refractivity contribution in [3.8, 4) is 0 Å². The highest BCUT2D eigenvalue weighted by atomic mass is 16.6. The number of ether oxygens (including phenoxy) is 8. The molecular formula is C100H152O20. The summed E-state index contributed by atoms with van der Waals surface area (Å²) in [5.74, 6) is -37.0. The van der Waals surface area contributed by atoms with Crippen LogP contribution in [-0.2, 0) is 76.3 Å². The van der Waals surface area contributed by atoms with E-state index in [1.54, 1.807) is 20.8 Å². The molecule has 0 saturated carbocycles. The average molecular weight is 1730 g/mol. The highest BCUT2D eigenvalue weighted by molar-refractivity contribution is 5.78. The van der Waals surface area contributed by atoms with E-state index in [2.05, 4.69) is 15.3 Å². The van der Waals surface area contributed by atoms with E-state index in [-0.39, 0.29) is 113 Å². The van der Waals surface area contributed by atoms with E-state index in [1.165, 1.54) is 41.5 Å². The molecule has 672 valence electrons. The maximum absolute atomic E-state index is 14.1. The number of esters is 8. The zero-order valence-corrected chi connectivity index (χ0v) is 70.8. The first-order valence-corrected chi connectivity index (χ1v) is 41.0. The van der Waals surface area contributed by atoms with Crippen molar-refractivity contribution < 1.29 is 164 Å². The molecule has 0 aromatic rings. The van der Waals surface area contributed by atoms with E-state index >= 15 is 0 Å². The number of carbonyl (C=O) groups excluding carboxylic acids is 8. The SMILES string of the molecule is [2H]C1=C([2H])[C@]([2H])(C)[C@H](CCC2C[C@@H](O)C([2H])([2H])C(=O)O2)[C@@H]2C1=C([2H])[C@]([2H])(C)C([2H])([2H])C2OC(=O)C(C([2H])([2H])[2H])(C([2H])([2H])[2H])C([2H])([2H])C([2H])([2H])[2H].[2H]O[C@H]1CC(=O)OC(CC[C@@H]2[C@@H]3C(=C([2H])[C@]([2H])(C)C([2H])([2H])C3OC(=O)C(C)(C)C([2H])([2H])C([2H])([2H])[2H])C([2H])=C([2H])[C@]2([2H])C)C1.[2H]O[C@H]1CC(=O)OC(CC[C@@H]2[C@@H]3C(=C([2H])[C@]([2H])(C)C([2H])([2H])C3OC(=O)C(C)(C)CC)C([2H])=C([2H])[C@]2([2H])C)C1.[2H]O[C@H]1CC(=O)OC(CC[C@@H]2[C@@H]3C(=C([2H])[C@]([2H])(C)C([2H])([2H])C3OC(=O)C(C)(CC)C([2H])([2H])[2H])C([2H])=C([2H])[C@]2([2H])C)C1. The summed E-state index contributed by atoms with van der Waals surface area (Å²) < 4.78 is 478. The van der Waals surface area contributed by atoms with Crippen molar-refractivity contribution in [2.45, 2.75) is 365 Å². The van der Waals surface area contributed by atoms with Gasteiger partial charge in [0.15, 0.2) is 0 Å². The van der Waals surface area contributed by atoms with Crippen molar-refractivity contribution in [3.63, 3.8) is 0 Å². The first kappa shape index (κ1) is 47.7. The van der Waals surface area contributed by atoms with Crippen LogP contribution in [0.15, 0.2) is 94.9 Å². The summed E-state index contributed by atoms with van der Waals surface area (Å²) in [5, 5.41) is 24.0. The number of aliphatic hydroxyl groups is 4. The predicted octanol–water partition coefficient (Wildman–Crippen LogP) is 18.3. The molecule has 4 fully saturated rings. The van der Waals surface area contributed by atoms with Crippen LogP contribution < -0.4 is 0 Å². The Balaban J connectivity index is 0.000000252. The minimum atomic E-state index is -4.52. The molecule has 0 amide bonds. The number of fused-ring (bicyclic) bond motifs is 4. The summed E-state index contributed by atoms with van der Waals surface area (Å²) in [4.78, 5) is 103. The molecule has 9 unspecified atom stereocenters. The van der Waals surface area contributed by atoms with Crippen molar-refractivity contribution >= 4 is 47.8 Å². The highest BCUT2D eigenvalue weighted by Crippen LogP contribution is 2.51. The van der Waals surface area contributed by atoms with Gasteiger partial charge in [0.05, 0.1) is 88.2 Å². The topological polar surface area (TPSA) is 291 Å². The highest BCUT2D eigenvalue weighted by Gasteiger charge is 2.50. The zero-order chi connectivity index (χ0) is 133. The molecule has 120 heavy (non-hydrogen) atoms. The first-order chi connectivity index (χ1) is 77.2. The quantitative estimate of drug-likeness (QED) is 0.0439. The lowest BCUT2D eigenvalue weighted by Crippen LogP contribution is -2.43. The van der Waals surface area contributed by atoms with Gasteiger partial charge in [-0.15, -0.1) is 0 Å². The number of cyclic esters (lactones) is 4. The third-order valence-electron chi connectivity index (χ3n) is 23.6. The van der Waals surface area contributed by atoms with Crippen LogP contribution in [0.1, 0.15) is 359 Å². The van der Waals surface area contributed by atoms with Gasteiger partial charge in [-0.1, -0.05) is 156 Å². The molecule has 29 atom stereocenters. The molecule has 4 aliphatic heterocycles.